The molecule has 0 aliphatic carbocycles. The van der Waals surface area contributed by atoms with Crippen LogP contribution in [0.4, 0.5) is 0 Å². The molecular formula is C21H18O6. The van der Waals surface area contributed by atoms with Crippen LogP contribution >= 0.6 is 0 Å². The highest BCUT2D eigenvalue weighted by Gasteiger charge is 2.43. The van der Waals surface area contributed by atoms with Gasteiger partial charge in [-0.05, 0) is 31.6 Å². The van der Waals surface area contributed by atoms with Crippen molar-refractivity contribution in [2.75, 3.05) is 0 Å². The number of ether oxygens (including phenoxy) is 2. The van der Waals surface area contributed by atoms with Gasteiger partial charge in [-0.1, -0.05) is 30.3 Å². The van der Waals surface area contributed by atoms with Gasteiger partial charge in [0.15, 0.2) is 18.5 Å². The van der Waals surface area contributed by atoms with Crippen molar-refractivity contribution in [3.05, 3.63) is 58.7 Å². The van der Waals surface area contributed by atoms with Crippen molar-refractivity contribution in [1.29, 1.82) is 0 Å². The lowest BCUT2D eigenvalue weighted by atomic mass is 9.88. The zero-order chi connectivity index (χ0) is 19.3. The Labute approximate surface area is 155 Å². The second-order valence-corrected chi connectivity index (χ2v) is 7.12. The molecule has 2 atom stereocenters. The maximum Gasteiger partial charge on any atom is 0.202 e. The average Bonchev–Trinajstić information content (AvgIpc) is 2.64. The molecule has 27 heavy (non-hydrogen) atoms. The van der Waals surface area contributed by atoms with Crippen molar-refractivity contribution in [3.63, 3.8) is 0 Å². The number of aldehydes is 1. The molecule has 6 heteroatoms. The summed E-state index contributed by atoms with van der Waals surface area (Å²) in [6.45, 7) is 3.61. The molecule has 138 valence electrons. The van der Waals surface area contributed by atoms with Crippen molar-refractivity contribution in [2.24, 2.45) is 0 Å². The van der Waals surface area contributed by atoms with Crippen LogP contribution in [0.5, 0.6) is 17.2 Å². The van der Waals surface area contributed by atoms with Gasteiger partial charge in [-0.25, -0.2) is 0 Å². The van der Waals surface area contributed by atoms with Gasteiger partial charge in [-0.3, -0.25) is 9.59 Å². The van der Waals surface area contributed by atoms with Crippen LogP contribution in [0.1, 0.15) is 51.8 Å². The Morgan fingerprint density at radius 3 is 2.52 bits per heavy atom. The third-order valence-electron chi connectivity index (χ3n) is 4.76. The minimum Gasteiger partial charge on any atom is -0.506 e. The molecule has 2 aromatic rings. The standard InChI is InChI=1S/C21H18O6/c1-21(2)9-8-12-15(23)14-16(24)17(25)18(11-6-4-3-5-7-11)26-20(14)13(10-22)19(12)27-21/h3-10,17-18,23,25H,1-2H3/t17-,18+/m0/s1. The van der Waals surface area contributed by atoms with Crippen LogP contribution in [-0.4, -0.2) is 34.0 Å². The molecule has 0 spiro atoms. The Bertz CT molecular complexity index is 974. The first-order valence-corrected chi connectivity index (χ1v) is 8.54. The maximum atomic E-state index is 12.8. The second-order valence-electron chi connectivity index (χ2n) is 7.12. The quantitative estimate of drug-likeness (QED) is 0.794. The van der Waals surface area contributed by atoms with Gasteiger partial charge >= 0.3 is 0 Å². The zero-order valence-electron chi connectivity index (χ0n) is 14.8. The van der Waals surface area contributed by atoms with Crippen LogP contribution in [0.25, 0.3) is 6.08 Å². The van der Waals surface area contributed by atoms with Crippen molar-refractivity contribution in [2.45, 2.75) is 31.7 Å². The van der Waals surface area contributed by atoms with Crippen LogP contribution in [0, 0.1) is 0 Å². The highest BCUT2D eigenvalue weighted by Crippen LogP contribution is 2.50. The molecule has 2 heterocycles. The SMILES string of the molecule is CC1(C)C=Cc2c(O)c3c(c(C=O)c2O1)O[C@H](c1ccccc1)[C@@H](O)C3=O. The average molecular weight is 366 g/mol. The number of aliphatic hydroxyl groups is 1. The van der Waals surface area contributed by atoms with Gasteiger partial charge in [0.05, 0.1) is 5.56 Å². The Morgan fingerprint density at radius 2 is 1.85 bits per heavy atom. The van der Waals surface area contributed by atoms with Crippen LogP contribution in [0.2, 0.25) is 0 Å². The second kappa shape index (κ2) is 5.96. The molecule has 0 saturated carbocycles. The molecule has 0 bridgehead atoms. The van der Waals surface area contributed by atoms with Crippen LogP contribution in [0.15, 0.2) is 36.4 Å². The van der Waals surface area contributed by atoms with Crippen LogP contribution in [0.3, 0.4) is 0 Å². The number of carbonyl (C=O) groups excluding carboxylic acids is 2. The number of aliphatic hydroxyl groups excluding tert-OH is 1. The van der Waals surface area contributed by atoms with E-state index in [1.807, 2.05) is 0 Å². The molecule has 6 nitrogen and oxygen atoms in total. The molecule has 2 aliphatic rings. The molecule has 2 aromatic carbocycles. The number of hydrogen-bond acceptors (Lipinski definition) is 6. The predicted octanol–water partition coefficient (Wildman–Crippen LogP) is 3.07. The lowest BCUT2D eigenvalue weighted by Gasteiger charge is -2.34. The third-order valence-corrected chi connectivity index (χ3v) is 4.76. The van der Waals surface area contributed by atoms with Crippen molar-refractivity contribution < 1.29 is 29.3 Å². The number of fused-ring (bicyclic) bond motifs is 2. The lowest BCUT2D eigenvalue weighted by molar-refractivity contribution is 0.0205. The van der Waals surface area contributed by atoms with E-state index in [0.29, 0.717) is 11.8 Å². The van der Waals surface area contributed by atoms with Crippen molar-refractivity contribution in [3.8, 4) is 17.2 Å². The first kappa shape index (κ1) is 17.3. The smallest absolute Gasteiger partial charge is 0.202 e. The number of phenols is 1. The molecule has 0 unspecified atom stereocenters. The molecular weight excluding hydrogens is 348 g/mol. The highest BCUT2D eigenvalue weighted by molar-refractivity contribution is 6.09. The number of ketones is 1. The molecule has 0 fully saturated rings. The molecule has 0 amide bonds. The van der Waals surface area contributed by atoms with Gasteiger partial charge in [0, 0.05) is 0 Å². The van der Waals surface area contributed by atoms with Gasteiger partial charge in [-0.2, -0.15) is 0 Å². The number of benzene rings is 2. The highest BCUT2D eigenvalue weighted by atomic mass is 16.5. The topological polar surface area (TPSA) is 93.1 Å². The number of Topliss-reactive ketones (excluding diaryl/α,β-unsaturated/α-hetero) is 1. The van der Waals surface area contributed by atoms with E-state index in [9.17, 15) is 19.8 Å². The summed E-state index contributed by atoms with van der Waals surface area (Å²) in [5.74, 6) is -0.985. The Kier molecular flexibility index (Phi) is 3.82. The van der Waals surface area contributed by atoms with Crippen LogP contribution in [-0.2, 0) is 0 Å². The van der Waals surface area contributed by atoms with Crippen molar-refractivity contribution in [1.82, 2.24) is 0 Å². The Hall–Kier alpha value is -3.12. The summed E-state index contributed by atoms with van der Waals surface area (Å²) in [6.07, 6.45) is 1.36. The first-order chi connectivity index (χ1) is 12.8. The van der Waals surface area contributed by atoms with E-state index in [2.05, 4.69) is 0 Å². The fourth-order valence-electron chi connectivity index (χ4n) is 3.41. The molecule has 0 saturated heterocycles. The molecule has 0 aromatic heterocycles. The Morgan fingerprint density at radius 1 is 1.15 bits per heavy atom. The normalized spacial score (nSPS) is 22.3. The minimum atomic E-state index is -1.51. The van der Waals surface area contributed by atoms with Gasteiger partial charge in [-0.15, -0.1) is 0 Å². The summed E-state index contributed by atoms with van der Waals surface area (Å²) in [6, 6.07) is 8.75. The fraction of sp³-hybridized carbons (Fsp3) is 0.238. The summed E-state index contributed by atoms with van der Waals surface area (Å²) >= 11 is 0. The number of hydrogen-bond donors (Lipinski definition) is 2. The van der Waals surface area contributed by atoms with E-state index in [1.54, 1.807) is 56.3 Å². The number of aromatic hydroxyl groups is 1. The summed E-state index contributed by atoms with van der Waals surface area (Å²) in [5, 5.41) is 21.1. The van der Waals surface area contributed by atoms with Gasteiger partial charge in [0.25, 0.3) is 0 Å². The minimum absolute atomic E-state index is 0.0383. The van der Waals surface area contributed by atoms with Gasteiger partial charge in [0.2, 0.25) is 5.78 Å². The number of rotatable bonds is 2. The fourth-order valence-corrected chi connectivity index (χ4v) is 3.41. The first-order valence-electron chi connectivity index (χ1n) is 8.54. The summed E-state index contributed by atoms with van der Waals surface area (Å²) in [5.41, 5.74) is -0.0563. The van der Waals surface area contributed by atoms with E-state index >= 15 is 0 Å². The maximum absolute atomic E-state index is 12.8. The van der Waals surface area contributed by atoms with E-state index in [4.69, 9.17) is 9.47 Å². The Balaban J connectivity index is 1.94. The number of carbonyl (C=O) groups is 2. The zero-order valence-corrected chi connectivity index (χ0v) is 14.8. The summed E-state index contributed by atoms with van der Waals surface area (Å²) in [7, 11) is 0. The van der Waals surface area contributed by atoms with E-state index < -0.39 is 23.6 Å². The van der Waals surface area contributed by atoms with E-state index in [-0.39, 0.29) is 33.9 Å². The lowest BCUT2D eigenvalue weighted by Crippen LogP contribution is -2.37. The van der Waals surface area contributed by atoms with E-state index in [1.165, 1.54) is 0 Å². The molecule has 4 rings (SSSR count). The van der Waals surface area contributed by atoms with Crippen molar-refractivity contribution >= 4 is 18.1 Å². The monoisotopic (exact) mass is 366 g/mol. The predicted molar refractivity (Wildman–Crippen MR) is 97.4 cm³/mol. The van der Waals surface area contributed by atoms with Gasteiger partial charge in [0.1, 0.15) is 34.0 Å². The number of phenolic OH excluding ortho intramolecular Hbond substituents is 1. The summed E-state index contributed by atoms with van der Waals surface area (Å²) < 4.78 is 11.7. The van der Waals surface area contributed by atoms with Gasteiger partial charge < -0.3 is 19.7 Å². The summed E-state index contributed by atoms with van der Waals surface area (Å²) in [4.78, 5) is 24.7. The molecule has 0 radical (unpaired) electrons. The van der Waals surface area contributed by atoms with E-state index in [0.717, 1.165) is 0 Å². The molecule has 2 aliphatic heterocycles. The van der Waals surface area contributed by atoms with Crippen LogP contribution < -0.4 is 9.47 Å². The largest absolute Gasteiger partial charge is 0.506 e. The molecule has 2 N–H and O–H groups in total. The third kappa shape index (κ3) is 2.61.